The summed E-state index contributed by atoms with van der Waals surface area (Å²) in [6, 6.07) is 3.44. The Kier molecular flexibility index (Phi) is 7.76. The summed E-state index contributed by atoms with van der Waals surface area (Å²) < 4.78 is 98.8. The molecule has 2 aromatic rings. The number of carbonyl (C=O) groups excluding carboxylic acids is 1. The minimum absolute atomic E-state index is 0.268. The molecule has 0 heterocycles. The minimum atomic E-state index is -5.86. The van der Waals surface area contributed by atoms with Crippen LogP contribution in [0.15, 0.2) is 17.0 Å². The maximum absolute atomic E-state index is 13.8. The van der Waals surface area contributed by atoms with Gasteiger partial charge in [-0.1, -0.05) is 0 Å². The molecule has 0 aromatic heterocycles. The van der Waals surface area contributed by atoms with E-state index in [9.17, 15) is 35.3 Å². The molecule has 0 aliphatic rings. The van der Waals surface area contributed by atoms with Gasteiger partial charge in [-0.2, -0.15) is 8.78 Å². The fourth-order valence-corrected chi connectivity index (χ4v) is 6.35. The van der Waals surface area contributed by atoms with E-state index < -0.39 is 56.6 Å². The predicted molar refractivity (Wildman–Crippen MR) is 110 cm³/mol. The summed E-state index contributed by atoms with van der Waals surface area (Å²) in [6.07, 6.45) is 0. The van der Waals surface area contributed by atoms with Gasteiger partial charge in [0.05, 0.1) is 7.14 Å². The third-order valence-corrected chi connectivity index (χ3v) is 6.03. The van der Waals surface area contributed by atoms with Crippen LogP contribution >= 0.6 is 67.8 Å². The van der Waals surface area contributed by atoms with Gasteiger partial charge in [-0.25, -0.2) is 22.0 Å². The number of hydrogen-bond donors (Lipinski definition) is 0. The van der Waals surface area contributed by atoms with Crippen molar-refractivity contribution in [2.75, 3.05) is 6.61 Å². The quantitative estimate of drug-likeness (QED) is 0.115. The van der Waals surface area contributed by atoms with Crippen LogP contribution in [0, 0.1) is 34.0 Å². The van der Waals surface area contributed by atoms with Gasteiger partial charge in [0.15, 0.2) is 18.2 Å². The van der Waals surface area contributed by atoms with Crippen LogP contribution in [0.3, 0.4) is 0 Å². The summed E-state index contributed by atoms with van der Waals surface area (Å²) in [7, 11) is -5.86. The van der Waals surface area contributed by atoms with Crippen molar-refractivity contribution in [3.63, 3.8) is 0 Å². The van der Waals surface area contributed by atoms with Gasteiger partial charge in [0.25, 0.3) is 0 Å². The zero-order valence-corrected chi connectivity index (χ0v) is 20.2. The lowest BCUT2D eigenvalue weighted by molar-refractivity contribution is -0.137. The lowest BCUT2D eigenvalue weighted by atomic mass is 10.3. The molecule has 2 aromatic carbocycles. The molecule has 28 heavy (non-hydrogen) atoms. The smallest absolute Gasteiger partial charge is 0.349 e. The average molecular weight is 757 g/mol. The van der Waals surface area contributed by atoms with Crippen LogP contribution in [-0.4, -0.2) is 25.5 Å². The molecule has 152 valence electrons. The molecule has 0 unspecified atom stereocenters. The van der Waals surface area contributed by atoms with E-state index in [1.807, 2.05) is 67.8 Å². The number of benzene rings is 2. The Morgan fingerprint density at radius 3 is 1.82 bits per heavy atom. The highest BCUT2D eigenvalue weighted by molar-refractivity contribution is 14.1. The van der Waals surface area contributed by atoms with Gasteiger partial charge in [0, 0.05) is 3.57 Å². The van der Waals surface area contributed by atoms with E-state index in [0.29, 0.717) is 7.14 Å². The maximum atomic E-state index is 13.8. The Labute approximate surface area is 196 Å². The van der Waals surface area contributed by atoms with Crippen molar-refractivity contribution in [1.29, 1.82) is 0 Å². The molecule has 14 heteroatoms. The lowest BCUT2D eigenvalue weighted by Gasteiger charge is -2.14. The summed E-state index contributed by atoms with van der Waals surface area (Å²) in [5.41, 5.74) is 0. The van der Waals surface area contributed by atoms with E-state index in [2.05, 4.69) is 4.74 Å². The monoisotopic (exact) mass is 757 g/mol. The van der Waals surface area contributed by atoms with Crippen molar-refractivity contribution in [2.45, 2.75) is 4.90 Å². The molecule has 6 nitrogen and oxygen atoms in total. The number of hydrogen-bond acceptors (Lipinski definition) is 6. The Bertz CT molecular complexity index is 1030. The van der Waals surface area contributed by atoms with E-state index in [4.69, 9.17) is 4.74 Å². The molecule has 0 saturated carbocycles. The Morgan fingerprint density at radius 2 is 1.39 bits per heavy atom. The van der Waals surface area contributed by atoms with Crippen molar-refractivity contribution in [1.82, 2.24) is 0 Å². The zero-order chi connectivity index (χ0) is 21.4. The molecule has 0 saturated heterocycles. The fraction of sp³-hybridized carbons (Fsp3) is 0.0714. The van der Waals surface area contributed by atoms with Crippen LogP contribution < -0.4 is 9.47 Å². The first-order chi connectivity index (χ1) is 12.8. The molecular weight excluding hydrogens is 753 g/mol. The lowest BCUT2D eigenvalue weighted by Crippen LogP contribution is -2.21. The number of carbonyl (C=O) groups is 1. The minimum Gasteiger partial charge on any atom is -0.744 e. The largest absolute Gasteiger partial charge is 0.744 e. The van der Waals surface area contributed by atoms with Crippen molar-refractivity contribution in [3.8, 4) is 11.5 Å². The summed E-state index contributed by atoms with van der Waals surface area (Å²) >= 11 is 5.89. The Morgan fingerprint density at radius 1 is 0.929 bits per heavy atom. The predicted octanol–water partition coefficient (Wildman–Crippen LogP) is 3.95. The molecule has 0 atom stereocenters. The van der Waals surface area contributed by atoms with Crippen molar-refractivity contribution in [3.05, 3.63) is 46.1 Å². The van der Waals surface area contributed by atoms with E-state index >= 15 is 0 Å². The topological polar surface area (TPSA) is 92.7 Å². The number of ether oxygens (including phenoxy) is 2. The van der Waals surface area contributed by atoms with E-state index in [-0.39, 0.29) is 5.75 Å². The first kappa shape index (κ1) is 23.8. The number of esters is 1. The van der Waals surface area contributed by atoms with Gasteiger partial charge in [-0.3, -0.25) is 0 Å². The summed E-state index contributed by atoms with van der Waals surface area (Å²) in [4.78, 5) is 9.43. The fourth-order valence-electron chi connectivity index (χ4n) is 1.84. The maximum Gasteiger partial charge on any atom is 0.349 e. The van der Waals surface area contributed by atoms with Crippen LogP contribution in [0.5, 0.6) is 11.5 Å². The SMILES string of the molecule is O=C(COc1c(I)cc(I)cc1I)Oc1c(F)c(F)c(S(=O)(=O)[O-])c(F)c1F. The molecule has 0 N–H and O–H groups in total. The van der Waals surface area contributed by atoms with Crippen LogP contribution in [0.4, 0.5) is 17.6 Å². The standard InChI is InChI=1S/C14H5F4I3O6S/c15-8-10(17)14(28(23,24)25)11(18)9(16)13(8)27-7(22)3-26-12-5(20)1-4(19)2-6(12)21/h1-2H,3H2,(H,23,24,25)/p-1. The van der Waals surface area contributed by atoms with Crippen LogP contribution in [0.2, 0.25) is 0 Å². The molecule has 0 bridgehead atoms. The first-order valence-corrected chi connectivity index (χ1v) is 11.3. The van der Waals surface area contributed by atoms with Crippen LogP contribution in [-0.2, 0) is 14.9 Å². The molecular formula is C14H4F4I3O6S-. The summed E-state index contributed by atoms with van der Waals surface area (Å²) in [5, 5.41) is 0. The van der Waals surface area contributed by atoms with Gasteiger partial charge in [-0.05, 0) is 79.9 Å². The average Bonchev–Trinajstić information content (AvgIpc) is 2.55. The summed E-state index contributed by atoms with van der Waals surface area (Å²) in [6.45, 7) is -0.879. The molecule has 0 amide bonds. The van der Waals surface area contributed by atoms with E-state index in [1.54, 1.807) is 12.1 Å². The van der Waals surface area contributed by atoms with Gasteiger partial charge in [-0.15, -0.1) is 0 Å². The Balaban J connectivity index is 2.28. The highest BCUT2D eigenvalue weighted by Crippen LogP contribution is 2.33. The summed E-state index contributed by atoms with van der Waals surface area (Å²) in [5.74, 6) is -12.7. The second-order valence-electron chi connectivity index (χ2n) is 4.83. The third kappa shape index (κ3) is 5.17. The first-order valence-electron chi connectivity index (χ1n) is 6.64. The highest BCUT2D eigenvalue weighted by atomic mass is 127. The molecule has 2 rings (SSSR count). The number of rotatable bonds is 5. The Hall–Kier alpha value is -0.470. The van der Waals surface area contributed by atoms with Gasteiger partial charge in [0.1, 0.15) is 20.8 Å². The molecule has 0 radical (unpaired) electrons. The normalized spacial score (nSPS) is 11.4. The molecule has 0 fully saturated rings. The van der Waals surface area contributed by atoms with Crippen molar-refractivity contribution >= 4 is 83.9 Å². The molecule has 0 aliphatic heterocycles. The highest BCUT2D eigenvalue weighted by Gasteiger charge is 2.31. The van der Waals surface area contributed by atoms with Crippen LogP contribution in [0.1, 0.15) is 0 Å². The second-order valence-corrected chi connectivity index (χ2v) is 9.72. The van der Waals surface area contributed by atoms with E-state index in [1.165, 1.54) is 0 Å². The van der Waals surface area contributed by atoms with E-state index in [0.717, 1.165) is 3.57 Å². The second kappa shape index (κ2) is 9.13. The zero-order valence-electron chi connectivity index (χ0n) is 12.9. The molecule has 0 aliphatic carbocycles. The number of halogens is 7. The molecule has 0 spiro atoms. The van der Waals surface area contributed by atoms with Crippen LogP contribution in [0.25, 0.3) is 0 Å². The van der Waals surface area contributed by atoms with Crippen molar-refractivity contribution < 1.29 is 44.8 Å². The third-order valence-electron chi connectivity index (χ3n) is 2.95. The van der Waals surface area contributed by atoms with Gasteiger partial charge in [0.2, 0.25) is 17.4 Å². The van der Waals surface area contributed by atoms with Gasteiger partial charge >= 0.3 is 5.97 Å². The van der Waals surface area contributed by atoms with Gasteiger partial charge < -0.3 is 14.0 Å². The van der Waals surface area contributed by atoms with Crippen molar-refractivity contribution in [2.24, 2.45) is 0 Å².